The van der Waals surface area contributed by atoms with Crippen LogP contribution in [0, 0.1) is 0 Å². The second-order valence-corrected chi connectivity index (χ2v) is 5.61. The number of nitrogens with one attached hydrogen (secondary N) is 2. The van der Waals surface area contributed by atoms with Crippen molar-refractivity contribution in [3.63, 3.8) is 0 Å². The van der Waals surface area contributed by atoms with Crippen LogP contribution >= 0.6 is 15.9 Å². The van der Waals surface area contributed by atoms with Crippen LogP contribution in [-0.4, -0.2) is 20.9 Å². The van der Waals surface area contributed by atoms with Crippen LogP contribution in [0.1, 0.15) is 13.3 Å². The molecule has 2 N–H and O–H groups in total. The topological polar surface area (TPSA) is 54.2 Å². The summed E-state index contributed by atoms with van der Waals surface area (Å²) in [6.07, 6.45) is 6.69. The Morgan fingerprint density at radius 2 is 2.24 bits per heavy atom. The fourth-order valence-electron chi connectivity index (χ4n) is 2.06. The summed E-state index contributed by atoms with van der Waals surface area (Å²) in [7, 11) is 0. The van der Waals surface area contributed by atoms with Crippen LogP contribution in [0.15, 0.2) is 47.3 Å². The van der Waals surface area contributed by atoms with E-state index in [0.717, 1.165) is 40.4 Å². The molecule has 0 saturated heterocycles. The first kappa shape index (κ1) is 13.9. The zero-order valence-corrected chi connectivity index (χ0v) is 13.3. The molecule has 0 aliphatic rings. The molecule has 0 radical (unpaired) electrons. The summed E-state index contributed by atoms with van der Waals surface area (Å²) in [6.45, 7) is 3.02. The van der Waals surface area contributed by atoms with Crippen molar-refractivity contribution in [2.45, 2.75) is 13.3 Å². The van der Waals surface area contributed by atoms with Gasteiger partial charge in [0.1, 0.15) is 5.82 Å². The van der Waals surface area contributed by atoms with E-state index < -0.39 is 0 Å². The molecular weight excluding hydrogens is 330 g/mol. The summed E-state index contributed by atoms with van der Waals surface area (Å²) >= 11 is 3.47. The van der Waals surface area contributed by atoms with Gasteiger partial charge < -0.3 is 15.0 Å². The quantitative estimate of drug-likeness (QED) is 0.732. The van der Waals surface area contributed by atoms with Gasteiger partial charge >= 0.3 is 0 Å². The third-order valence-corrected chi connectivity index (χ3v) is 3.51. The smallest absolute Gasteiger partial charge is 0.180 e. The lowest BCUT2D eigenvalue weighted by Crippen LogP contribution is -2.06. The predicted octanol–water partition coefficient (Wildman–Crippen LogP) is 4.06. The van der Waals surface area contributed by atoms with Crippen LogP contribution in [0.25, 0.3) is 5.65 Å². The van der Waals surface area contributed by atoms with Gasteiger partial charge in [0, 0.05) is 29.1 Å². The summed E-state index contributed by atoms with van der Waals surface area (Å²) in [5, 5.41) is 6.63. The van der Waals surface area contributed by atoms with Crippen molar-refractivity contribution < 1.29 is 0 Å². The van der Waals surface area contributed by atoms with Gasteiger partial charge in [-0.2, -0.15) is 0 Å². The molecule has 0 saturated carbocycles. The van der Waals surface area contributed by atoms with Gasteiger partial charge in [0.25, 0.3) is 0 Å². The number of imidazole rings is 1. The Kier molecular flexibility index (Phi) is 4.06. The molecule has 0 amide bonds. The fraction of sp³-hybridized carbons (Fsp3) is 0.200. The lowest BCUT2D eigenvalue weighted by Gasteiger charge is -2.11. The largest absolute Gasteiger partial charge is 0.369 e. The minimum absolute atomic E-state index is 0.735. The number of anilines is 3. The fourth-order valence-corrected chi connectivity index (χ4v) is 2.46. The van der Waals surface area contributed by atoms with E-state index in [1.54, 1.807) is 6.20 Å². The van der Waals surface area contributed by atoms with Crippen LogP contribution in [0.3, 0.4) is 0 Å². The van der Waals surface area contributed by atoms with Crippen LogP contribution in [-0.2, 0) is 0 Å². The van der Waals surface area contributed by atoms with Crippen molar-refractivity contribution >= 4 is 38.9 Å². The SMILES string of the molecule is CCCNc1cn2ccnc2c(Nc2cccc(Br)c2)n1. The summed E-state index contributed by atoms with van der Waals surface area (Å²) in [4.78, 5) is 8.97. The van der Waals surface area contributed by atoms with Crippen LogP contribution in [0.4, 0.5) is 17.3 Å². The number of hydrogen-bond donors (Lipinski definition) is 2. The second kappa shape index (κ2) is 6.13. The molecule has 0 unspecified atom stereocenters. The summed E-state index contributed by atoms with van der Waals surface area (Å²) in [5.74, 6) is 1.57. The molecule has 0 atom stereocenters. The van der Waals surface area contributed by atoms with Crippen molar-refractivity contribution in [1.29, 1.82) is 0 Å². The van der Waals surface area contributed by atoms with Crippen molar-refractivity contribution in [2.24, 2.45) is 0 Å². The Bertz CT molecular complexity index is 753. The normalized spacial score (nSPS) is 10.8. The molecule has 2 aromatic heterocycles. The van der Waals surface area contributed by atoms with E-state index in [4.69, 9.17) is 0 Å². The van der Waals surface area contributed by atoms with Gasteiger partial charge in [-0.05, 0) is 24.6 Å². The number of aromatic nitrogens is 3. The van der Waals surface area contributed by atoms with Gasteiger partial charge in [-0.15, -0.1) is 0 Å². The molecule has 21 heavy (non-hydrogen) atoms. The number of nitrogens with zero attached hydrogens (tertiary/aromatic N) is 3. The van der Waals surface area contributed by atoms with E-state index in [1.165, 1.54) is 0 Å². The van der Waals surface area contributed by atoms with Gasteiger partial charge in [0.15, 0.2) is 11.5 Å². The molecule has 0 bridgehead atoms. The maximum atomic E-state index is 4.61. The first-order chi connectivity index (χ1) is 10.3. The van der Waals surface area contributed by atoms with Gasteiger partial charge in [0.2, 0.25) is 0 Å². The Hall–Kier alpha value is -2.08. The van der Waals surface area contributed by atoms with Gasteiger partial charge in [-0.25, -0.2) is 9.97 Å². The van der Waals surface area contributed by atoms with Gasteiger partial charge in [0.05, 0.1) is 6.20 Å². The number of fused-ring (bicyclic) bond motifs is 1. The first-order valence-corrected chi connectivity index (χ1v) is 7.66. The molecule has 0 aliphatic carbocycles. The van der Waals surface area contributed by atoms with Gasteiger partial charge in [-0.1, -0.05) is 28.9 Å². The van der Waals surface area contributed by atoms with Crippen LogP contribution < -0.4 is 10.6 Å². The highest BCUT2D eigenvalue weighted by Crippen LogP contribution is 2.23. The average molecular weight is 346 g/mol. The number of rotatable bonds is 5. The molecule has 3 rings (SSSR count). The molecule has 0 spiro atoms. The molecule has 3 aromatic rings. The van der Waals surface area contributed by atoms with Crippen molar-refractivity contribution in [2.75, 3.05) is 17.2 Å². The lowest BCUT2D eigenvalue weighted by molar-refractivity contribution is 0.962. The molecule has 6 heteroatoms. The van der Waals surface area contributed by atoms with Gasteiger partial charge in [-0.3, -0.25) is 0 Å². The summed E-state index contributed by atoms with van der Waals surface area (Å²) < 4.78 is 2.98. The molecule has 1 aromatic carbocycles. The number of halogens is 1. The Morgan fingerprint density at radius 1 is 1.33 bits per heavy atom. The monoisotopic (exact) mass is 345 g/mol. The number of hydrogen-bond acceptors (Lipinski definition) is 4. The highest BCUT2D eigenvalue weighted by molar-refractivity contribution is 9.10. The third-order valence-electron chi connectivity index (χ3n) is 3.02. The maximum Gasteiger partial charge on any atom is 0.180 e. The summed E-state index contributed by atoms with van der Waals surface area (Å²) in [6, 6.07) is 7.97. The second-order valence-electron chi connectivity index (χ2n) is 4.69. The van der Waals surface area contributed by atoms with E-state index >= 15 is 0 Å². The van der Waals surface area contributed by atoms with Crippen molar-refractivity contribution in [1.82, 2.24) is 14.4 Å². The third kappa shape index (κ3) is 3.16. The number of benzene rings is 1. The predicted molar refractivity (Wildman–Crippen MR) is 89.2 cm³/mol. The molecule has 5 nitrogen and oxygen atoms in total. The van der Waals surface area contributed by atoms with E-state index in [2.05, 4.69) is 43.5 Å². The Labute approximate surface area is 131 Å². The molecule has 0 fully saturated rings. The molecule has 0 aliphatic heterocycles. The molecule has 2 heterocycles. The minimum atomic E-state index is 0.735. The highest BCUT2D eigenvalue weighted by atomic mass is 79.9. The average Bonchev–Trinajstić information content (AvgIpc) is 2.94. The Morgan fingerprint density at radius 3 is 3.05 bits per heavy atom. The van der Waals surface area contributed by atoms with Crippen molar-refractivity contribution in [3.8, 4) is 0 Å². The molecular formula is C15H16BrN5. The van der Waals surface area contributed by atoms with E-state index in [-0.39, 0.29) is 0 Å². The maximum absolute atomic E-state index is 4.61. The van der Waals surface area contributed by atoms with Crippen LogP contribution in [0.2, 0.25) is 0 Å². The lowest BCUT2D eigenvalue weighted by atomic mass is 10.3. The van der Waals surface area contributed by atoms with Crippen molar-refractivity contribution in [3.05, 3.63) is 47.3 Å². The zero-order chi connectivity index (χ0) is 14.7. The highest BCUT2D eigenvalue weighted by Gasteiger charge is 2.08. The summed E-state index contributed by atoms with van der Waals surface area (Å²) in [5.41, 5.74) is 1.77. The zero-order valence-electron chi connectivity index (χ0n) is 11.7. The standard InChI is InChI=1S/C15H16BrN5/c1-2-6-17-13-10-21-8-7-18-15(21)14(20-13)19-12-5-3-4-11(16)9-12/h3-5,7-10,17H,2,6H2,1H3,(H,19,20). The van der Waals surface area contributed by atoms with E-state index in [1.807, 2.05) is 41.1 Å². The first-order valence-electron chi connectivity index (χ1n) is 6.86. The Balaban J connectivity index is 1.97. The van der Waals surface area contributed by atoms with E-state index in [9.17, 15) is 0 Å². The molecule has 108 valence electrons. The van der Waals surface area contributed by atoms with E-state index in [0.29, 0.717) is 0 Å². The van der Waals surface area contributed by atoms with Crippen LogP contribution in [0.5, 0.6) is 0 Å². The minimum Gasteiger partial charge on any atom is -0.369 e.